The maximum atomic E-state index is 5.02. The third kappa shape index (κ3) is 4.02. The van der Waals surface area contributed by atoms with Gasteiger partial charge in [-0.1, -0.05) is 37.1 Å². The van der Waals surface area contributed by atoms with E-state index in [-0.39, 0.29) is 0 Å². The second-order valence-corrected chi connectivity index (χ2v) is 9.96. The smallest absolute Gasteiger partial charge is 0.107 e. The van der Waals surface area contributed by atoms with Crippen molar-refractivity contribution in [1.29, 1.82) is 0 Å². The zero-order chi connectivity index (χ0) is 20.3. The third-order valence-electron chi connectivity index (χ3n) is 6.01. The maximum absolute atomic E-state index is 5.02. The third-order valence-corrected chi connectivity index (χ3v) is 8.00. The summed E-state index contributed by atoms with van der Waals surface area (Å²) in [4.78, 5) is 5.50. The summed E-state index contributed by atoms with van der Waals surface area (Å²) >= 11 is 3.70. The van der Waals surface area contributed by atoms with Crippen molar-refractivity contribution in [3.63, 3.8) is 0 Å². The highest BCUT2D eigenvalue weighted by Gasteiger charge is 2.26. The fraction of sp³-hybridized carbons (Fsp3) is 0.320. The number of hydrogen-bond donors (Lipinski definition) is 0. The monoisotopic (exact) mass is 433 g/mol. The van der Waals surface area contributed by atoms with E-state index in [2.05, 4.69) is 77.3 Å². The largest absolute Gasteiger partial charge is 0.291 e. The van der Waals surface area contributed by atoms with Crippen LogP contribution in [0.5, 0.6) is 0 Å². The van der Waals surface area contributed by atoms with Crippen LogP contribution in [-0.2, 0) is 6.54 Å². The summed E-state index contributed by atoms with van der Waals surface area (Å²) in [5.41, 5.74) is 5.00. The number of para-hydroxylation sites is 1. The minimum Gasteiger partial charge on any atom is -0.291 e. The topological polar surface area (TPSA) is 21.1 Å². The summed E-state index contributed by atoms with van der Waals surface area (Å²) in [5.74, 6) is 0. The number of nitrogens with zero attached hydrogens (tertiary/aromatic N) is 3. The van der Waals surface area contributed by atoms with Gasteiger partial charge in [-0.3, -0.25) is 4.90 Å². The molecule has 1 aliphatic rings. The Morgan fingerprint density at radius 3 is 2.63 bits per heavy atom. The van der Waals surface area contributed by atoms with Gasteiger partial charge >= 0.3 is 0 Å². The molecule has 1 aliphatic heterocycles. The first kappa shape index (κ1) is 19.7. The second kappa shape index (κ2) is 8.88. The lowest BCUT2D eigenvalue weighted by molar-refractivity contribution is 0.195. The first-order chi connectivity index (χ1) is 14.8. The SMILES string of the molecule is Cc1ccsc1C1CCCCCN1Cc1cn(-c2ccccc2)nc1-c1cccs1. The summed E-state index contributed by atoms with van der Waals surface area (Å²) in [6.45, 7) is 4.36. The van der Waals surface area contributed by atoms with Gasteiger partial charge in [0.15, 0.2) is 0 Å². The minimum atomic E-state index is 0.517. The first-order valence-electron chi connectivity index (χ1n) is 10.8. The van der Waals surface area contributed by atoms with E-state index in [1.807, 2.05) is 16.0 Å². The molecule has 0 spiro atoms. The van der Waals surface area contributed by atoms with Crippen LogP contribution in [-0.4, -0.2) is 21.2 Å². The van der Waals surface area contributed by atoms with Crippen molar-refractivity contribution >= 4 is 22.7 Å². The Kier molecular flexibility index (Phi) is 5.84. The van der Waals surface area contributed by atoms with Crippen molar-refractivity contribution in [2.75, 3.05) is 6.54 Å². The Hall–Kier alpha value is -2.21. The van der Waals surface area contributed by atoms with E-state index >= 15 is 0 Å². The number of hydrogen-bond acceptors (Lipinski definition) is 4. The molecule has 1 fully saturated rings. The van der Waals surface area contributed by atoms with Crippen molar-refractivity contribution < 1.29 is 0 Å². The van der Waals surface area contributed by atoms with Gasteiger partial charge in [0.25, 0.3) is 0 Å². The molecular weight excluding hydrogens is 406 g/mol. The van der Waals surface area contributed by atoms with Gasteiger partial charge in [-0.2, -0.15) is 5.10 Å². The molecule has 0 radical (unpaired) electrons. The van der Waals surface area contributed by atoms with Crippen molar-refractivity contribution in [2.45, 2.75) is 45.2 Å². The van der Waals surface area contributed by atoms with Crippen molar-refractivity contribution in [2.24, 2.45) is 0 Å². The molecule has 1 atom stereocenters. The van der Waals surface area contributed by atoms with E-state index < -0.39 is 0 Å². The lowest BCUT2D eigenvalue weighted by atomic mass is 10.0. The van der Waals surface area contributed by atoms with E-state index in [0.29, 0.717) is 6.04 Å². The summed E-state index contributed by atoms with van der Waals surface area (Å²) in [7, 11) is 0. The zero-order valence-corrected chi connectivity index (χ0v) is 19.0. The van der Waals surface area contributed by atoms with Crippen molar-refractivity contribution in [3.05, 3.63) is 81.5 Å². The van der Waals surface area contributed by atoms with Crippen molar-refractivity contribution in [1.82, 2.24) is 14.7 Å². The minimum absolute atomic E-state index is 0.517. The molecule has 154 valence electrons. The van der Waals surface area contributed by atoms with Gasteiger partial charge in [0, 0.05) is 29.2 Å². The lowest BCUT2D eigenvalue weighted by Crippen LogP contribution is -2.28. The highest BCUT2D eigenvalue weighted by atomic mass is 32.1. The zero-order valence-electron chi connectivity index (χ0n) is 17.3. The summed E-state index contributed by atoms with van der Waals surface area (Å²) in [6.07, 6.45) is 7.43. The fourth-order valence-corrected chi connectivity index (χ4v) is 6.30. The van der Waals surface area contributed by atoms with Gasteiger partial charge in [-0.15, -0.1) is 22.7 Å². The summed E-state index contributed by atoms with van der Waals surface area (Å²) < 4.78 is 2.05. The van der Waals surface area contributed by atoms with Crippen LogP contribution in [0.25, 0.3) is 16.3 Å². The number of likely N-dealkylation sites (tertiary alicyclic amines) is 1. The van der Waals surface area contributed by atoms with Crippen LogP contribution in [0, 0.1) is 6.92 Å². The highest BCUT2D eigenvalue weighted by Crippen LogP contribution is 2.37. The molecule has 0 amide bonds. The van der Waals surface area contributed by atoms with Gasteiger partial charge in [0.1, 0.15) is 5.69 Å². The molecule has 5 rings (SSSR count). The molecule has 4 heterocycles. The molecule has 1 saturated heterocycles. The number of aromatic nitrogens is 2. The van der Waals surface area contributed by atoms with Gasteiger partial charge in [-0.05, 0) is 66.9 Å². The summed E-state index contributed by atoms with van der Waals surface area (Å²) in [5, 5.41) is 9.41. The van der Waals surface area contributed by atoms with Crippen LogP contribution in [0.2, 0.25) is 0 Å². The van der Waals surface area contributed by atoms with E-state index in [1.54, 1.807) is 16.2 Å². The molecule has 4 aromatic rings. The normalized spacial score (nSPS) is 17.8. The van der Waals surface area contributed by atoms with Crippen LogP contribution in [0.1, 0.15) is 47.7 Å². The number of thiophene rings is 2. The van der Waals surface area contributed by atoms with E-state index in [9.17, 15) is 0 Å². The molecule has 1 aromatic carbocycles. The van der Waals surface area contributed by atoms with Gasteiger partial charge in [-0.25, -0.2) is 4.68 Å². The van der Waals surface area contributed by atoms with Crippen molar-refractivity contribution in [3.8, 4) is 16.3 Å². The quantitative estimate of drug-likeness (QED) is 0.335. The number of benzene rings is 1. The molecule has 0 saturated carbocycles. The van der Waals surface area contributed by atoms with Gasteiger partial charge in [0.2, 0.25) is 0 Å². The average Bonchev–Trinajstić information content (AvgIpc) is 3.49. The second-order valence-electron chi connectivity index (χ2n) is 8.06. The molecule has 3 aromatic heterocycles. The first-order valence-corrected chi connectivity index (χ1v) is 12.5. The van der Waals surface area contributed by atoms with E-state index in [1.165, 1.54) is 41.7 Å². The van der Waals surface area contributed by atoms with Gasteiger partial charge < -0.3 is 0 Å². The molecule has 0 aliphatic carbocycles. The number of rotatable bonds is 5. The molecule has 3 nitrogen and oxygen atoms in total. The Bertz CT molecular complexity index is 1080. The molecule has 30 heavy (non-hydrogen) atoms. The average molecular weight is 434 g/mol. The fourth-order valence-electron chi connectivity index (χ4n) is 4.46. The van der Waals surface area contributed by atoms with Crippen LogP contribution >= 0.6 is 22.7 Å². The lowest BCUT2D eigenvalue weighted by Gasteiger charge is -2.29. The Balaban J connectivity index is 1.52. The Labute approximate surface area is 186 Å². The van der Waals surface area contributed by atoms with Crippen LogP contribution < -0.4 is 0 Å². The summed E-state index contributed by atoms with van der Waals surface area (Å²) in [6, 6.07) is 17.6. The van der Waals surface area contributed by atoms with E-state index in [4.69, 9.17) is 5.10 Å². The van der Waals surface area contributed by atoms with Gasteiger partial charge in [0.05, 0.1) is 10.6 Å². The molecular formula is C25H27N3S2. The Morgan fingerprint density at radius 1 is 0.967 bits per heavy atom. The maximum Gasteiger partial charge on any atom is 0.107 e. The predicted molar refractivity (Wildman–Crippen MR) is 128 cm³/mol. The van der Waals surface area contributed by atoms with Crippen LogP contribution in [0.15, 0.2) is 65.5 Å². The van der Waals surface area contributed by atoms with Crippen LogP contribution in [0.4, 0.5) is 0 Å². The Morgan fingerprint density at radius 2 is 1.87 bits per heavy atom. The molecule has 1 unspecified atom stereocenters. The standard InChI is InChI=1S/C25H27N3S2/c1-19-13-16-30-25(19)22-11-6-3-7-14-27(22)17-20-18-28(21-9-4-2-5-10-21)26-24(20)23-12-8-15-29-23/h2,4-5,8-10,12-13,15-16,18,22H,3,6-7,11,14,17H2,1H3. The number of aryl methyl sites for hydroxylation is 1. The highest BCUT2D eigenvalue weighted by molar-refractivity contribution is 7.13. The molecule has 0 N–H and O–H groups in total. The van der Waals surface area contributed by atoms with E-state index in [0.717, 1.165) is 24.5 Å². The molecule has 5 heteroatoms. The van der Waals surface area contributed by atoms with Crippen LogP contribution in [0.3, 0.4) is 0 Å². The molecule has 0 bridgehead atoms. The predicted octanol–water partition coefficient (Wildman–Crippen LogP) is 7.09.